The fourth-order valence-corrected chi connectivity index (χ4v) is 1.72. The Labute approximate surface area is 85.9 Å². The minimum atomic E-state index is -0.980. The Bertz CT molecular complexity index is 411. The number of rotatable bonds is 2. The second-order valence-electron chi connectivity index (χ2n) is 3.76. The Hall–Kier alpha value is -1.29. The third-order valence-corrected chi connectivity index (χ3v) is 2.81. The number of benzene rings is 1. The summed E-state index contributed by atoms with van der Waals surface area (Å²) >= 11 is 0. The van der Waals surface area contributed by atoms with Crippen molar-refractivity contribution < 1.29 is 18.3 Å². The van der Waals surface area contributed by atoms with Gasteiger partial charge in [0.15, 0.2) is 0 Å². The van der Waals surface area contributed by atoms with E-state index in [4.69, 9.17) is 4.74 Å². The Kier molecular flexibility index (Phi) is 2.31. The second kappa shape index (κ2) is 3.38. The van der Waals surface area contributed by atoms with E-state index in [0.717, 1.165) is 18.2 Å². The van der Waals surface area contributed by atoms with E-state index >= 15 is 0 Å². The Morgan fingerprint density at radius 1 is 1.40 bits per heavy atom. The molecule has 1 aromatic carbocycles. The van der Waals surface area contributed by atoms with Crippen LogP contribution in [0.2, 0.25) is 0 Å². The standard InChI is InChI=1S/C11H10F2O2/c1-7(14)11(5-15-6-11)9-4-8(12)2-3-10(9)13/h2-4H,5-6H2,1H3. The molecule has 1 heterocycles. The number of halogens is 2. The molecular weight excluding hydrogens is 202 g/mol. The Morgan fingerprint density at radius 3 is 2.53 bits per heavy atom. The number of hydrogen-bond acceptors (Lipinski definition) is 2. The first-order valence-electron chi connectivity index (χ1n) is 4.60. The minimum Gasteiger partial charge on any atom is -0.378 e. The van der Waals surface area contributed by atoms with Crippen molar-refractivity contribution in [2.24, 2.45) is 0 Å². The van der Waals surface area contributed by atoms with Crippen LogP contribution in [0.3, 0.4) is 0 Å². The lowest BCUT2D eigenvalue weighted by atomic mass is 9.75. The van der Waals surface area contributed by atoms with Crippen LogP contribution in [0.4, 0.5) is 8.78 Å². The van der Waals surface area contributed by atoms with Crippen molar-refractivity contribution in [2.45, 2.75) is 12.3 Å². The van der Waals surface area contributed by atoms with E-state index in [-0.39, 0.29) is 24.6 Å². The summed E-state index contributed by atoms with van der Waals surface area (Å²) in [5.41, 5.74) is -0.882. The van der Waals surface area contributed by atoms with E-state index in [0.29, 0.717) is 0 Å². The molecule has 1 fully saturated rings. The van der Waals surface area contributed by atoms with Gasteiger partial charge in [-0.25, -0.2) is 8.78 Å². The van der Waals surface area contributed by atoms with Crippen molar-refractivity contribution in [3.05, 3.63) is 35.4 Å². The predicted octanol–water partition coefficient (Wildman–Crippen LogP) is 1.82. The van der Waals surface area contributed by atoms with Crippen molar-refractivity contribution in [2.75, 3.05) is 13.2 Å². The molecule has 0 saturated carbocycles. The molecule has 1 aromatic rings. The summed E-state index contributed by atoms with van der Waals surface area (Å²) in [5.74, 6) is -1.30. The highest BCUT2D eigenvalue weighted by Gasteiger charge is 2.46. The summed E-state index contributed by atoms with van der Waals surface area (Å²) in [4.78, 5) is 11.4. The van der Waals surface area contributed by atoms with Crippen molar-refractivity contribution >= 4 is 5.78 Å². The highest BCUT2D eigenvalue weighted by atomic mass is 19.1. The Balaban J connectivity index is 2.51. The average Bonchev–Trinajstić information content (AvgIpc) is 2.08. The maximum atomic E-state index is 13.5. The first-order chi connectivity index (χ1) is 7.06. The van der Waals surface area contributed by atoms with Gasteiger partial charge in [0.2, 0.25) is 0 Å². The maximum Gasteiger partial charge on any atom is 0.145 e. The molecule has 1 aliphatic heterocycles. The molecule has 0 spiro atoms. The molecule has 0 unspecified atom stereocenters. The SMILES string of the molecule is CC(=O)C1(c2cc(F)ccc2F)COC1. The van der Waals surface area contributed by atoms with Crippen molar-refractivity contribution in [3.63, 3.8) is 0 Å². The van der Waals surface area contributed by atoms with Gasteiger partial charge in [0.1, 0.15) is 22.8 Å². The monoisotopic (exact) mass is 212 g/mol. The van der Waals surface area contributed by atoms with E-state index in [1.54, 1.807) is 0 Å². The smallest absolute Gasteiger partial charge is 0.145 e. The third kappa shape index (κ3) is 1.45. The van der Waals surface area contributed by atoms with Crippen LogP contribution in [0.15, 0.2) is 18.2 Å². The highest BCUT2D eigenvalue weighted by Crippen LogP contribution is 2.35. The maximum absolute atomic E-state index is 13.5. The molecule has 0 N–H and O–H groups in total. The van der Waals surface area contributed by atoms with Gasteiger partial charge in [-0.1, -0.05) is 0 Å². The molecule has 0 amide bonds. The number of ether oxygens (including phenoxy) is 1. The van der Waals surface area contributed by atoms with Crippen LogP contribution in [0.5, 0.6) is 0 Å². The number of ketones is 1. The molecule has 4 heteroatoms. The summed E-state index contributed by atoms with van der Waals surface area (Å²) in [6.45, 7) is 1.62. The first kappa shape index (κ1) is 10.2. The predicted molar refractivity (Wildman–Crippen MR) is 49.5 cm³/mol. The van der Waals surface area contributed by atoms with Crippen LogP contribution in [-0.4, -0.2) is 19.0 Å². The molecule has 0 aromatic heterocycles. The molecule has 80 valence electrons. The first-order valence-corrected chi connectivity index (χ1v) is 4.60. The van der Waals surface area contributed by atoms with Gasteiger partial charge in [-0.3, -0.25) is 4.79 Å². The van der Waals surface area contributed by atoms with Gasteiger partial charge in [0.05, 0.1) is 13.2 Å². The topological polar surface area (TPSA) is 26.3 Å². The lowest BCUT2D eigenvalue weighted by Gasteiger charge is -2.39. The lowest BCUT2D eigenvalue weighted by Crippen LogP contribution is -2.52. The van der Waals surface area contributed by atoms with Crippen molar-refractivity contribution in [1.29, 1.82) is 0 Å². The van der Waals surface area contributed by atoms with Gasteiger partial charge in [-0.05, 0) is 25.1 Å². The summed E-state index contributed by atoms with van der Waals surface area (Å²) in [7, 11) is 0. The van der Waals surface area contributed by atoms with Gasteiger partial charge >= 0.3 is 0 Å². The fraction of sp³-hybridized carbons (Fsp3) is 0.364. The zero-order valence-electron chi connectivity index (χ0n) is 8.22. The van der Waals surface area contributed by atoms with E-state index in [1.807, 2.05) is 0 Å². The van der Waals surface area contributed by atoms with Crippen LogP contribution in [0, 0.1) is 11.6 Å². The van der Waals surface area contributed by atoms with Gasteiger partial charge < -0.3 is 4.74 Å². The zero-order valence-corrected chi connectivity index (χ0v) is 8.22. The normalized spacial score (nSPS) is 18.3. The molecule has 1 aliphatic rings. The van der Waals surface area contributed by atoms with E-state index < -0.39 is 17.0 Å². The largest absolute Gasteiger partial charge is 0.378 e. The second-order valence-corrected chi connectivity index (χ2v) is 3.76. The summed E-state index contributed by atoms with van der Waals surface area (Å²) in [5, 5.41) is 0. The molecule has 15 heavy (non-hydrogen) atoms. The van der Waals surface area contributed by atoms with Crippen LogP contribution in [0.25, 0.3) is 0 Å². The average molecular weight is 212 g/mol. The Morgan fingerprint density at radius 2 is 2.07 bits per heavy atom. The van der Waals surface area contributed by atoms with E-state index in [2.05, 4.69) is 0 Å². The quantitative estimate of drug-likeness (QED) is 0.747. The lowest BCUT2D eigenvalue weighted by molar-refractivity contribution is -0.140. The van der Waals surface area contributed by atoms with Crippen LogP contribution in [-0.2, 0) is 14.9 Å². The summed E-state index contributed by atoms with van der Waals surface area (Å²) in [6.07, 6.45) is 0. The van der Waals surface area contributed by atoms with Gasteiger partial charge in [-0.15, -0.1) is 0 Å². The molecule has 0 aliphatic carbocycles. The van der Waals surface area contributed by atoms with E-state index in [1.165, 1.54) is 6.92 Å². The minimum absolute atomic E-state index is 0.0984. The van der Waals surface area contributed by atoms with Gasteiger partial charge in [0, 0.05) is 5.56 Å². The number of carbonyl (C=O) groups excluding carboxylic acids is 1. The molecule has 0 bridgehead atoms. The van der Waals surface area contributed by atoms with Crippen LogP contribution < -0.4 is 0 Å². The molecule has 2 rings (SSSR count). The van der Waals surface area contributed by atoms with E-state index in [9.17, 15) is 13.6 Å². The number of Topliss-reactive ketones (excluding diaryl/α,β-unsaturated/α-hetero) is 1. The van der Waals surface area contributed by atoms with Gasteiger partial charge in [0.25, 0.3) is 0 Å². The molecule has 0 radical (unpaired) electrons. The summed E-state index contributed by atoms with van der Waals surface area (Å²) < 4.78 is 31.4. The van der Waals surface area contributed by atoms with Crippen molar-refractivity contribution in [1.82, 2.24) is 0 Å². The molecule has 2 nitrogen and oxygen atoms in total. The fourth-order valence-electron chi connectivity index (χ4n) is 1.72. The molecule has 1 saturated heterocycles. The van der Waals surface area contributed by atoms with Gasteiger partial charge in [-0.2, -0.15) is 0 Å². The molecule has 0 atom stereocenters. The van der Waals surface area contributed by atoms with Crippen LogP contribution >= 0.6 is 0 Å². The third-order valence-electron chi connectivity index (χ3n) is 2.81. The zero-order chi connectivity index (χ0) is 11.1. The molecular formula is C11H10F2O2. The van der Waals surface area contributed by atoms with Crippen molar-refractivity contribution in [3.8, 4) is 0 Å². The highest BCUT2D eigenvalue weighted by molar-refractivity contribution is 5.89. The summed E-state index contributed by atoms with van der Waals surface area (Å²) in [6, 6.07) is 3.14. The van der Waals surface area contributed by atoms with Crippen LogP contribution in [0.1, 0.15) is 12.5 Å². The number of hydrogen-bond donors (Lipinski definition) is 0. The number of carbonyl (C=O) groups is 1.